The Kier molecular flexibility index (Phi) is 5.48. The monoisotopic (exact) mass is 293 g/mol. The van der Waals surface area contributed by atoms with Crippen molar-refractivity contribution in [3.63, 3.8) is 0 Å². The van der Waals surface area contributed by atoms with Crippen LogP contribution in [0.5, 0.6) is 11.5 Å². The standard InChI is InChI=1S/C17H27NO3/c1-17(2,3)18-11-13-7-5-9-15(19-4)16(13)21-14-8-6-10-20-12-14/h5,7,9,14,18H,6,8,10-12H2,1-4H3. The molecule has 1 atom stereocenters. The lowest BCUT2D eigenvalue weighted by molar-refractivity contribution is 0.00596. The van der Waals surface area contributed by atoms with Gasteiger partial charge in [-0.3, -0.25) is 0 Å². The first-order valence-electron chi connectivity index (χ1n) is 7.65. The smallest absolute Gasteiger partial charge is 0.166 e. The van der Waals surface area contributed by atoms with Crippen LogP contribution in [0, 0.1) is 0 Å². The van der Waals surface area contributed by atoms with Crippen molar-refractivity contribution in [1.29, 1.82) is 0 Å². The lowest BCUT2D eigenvalue weighted by Crippen LogP contribution is -2.35. The van der Waals surface area contributed by atoms with E-state index in [4.69, 9.17) is 14.2 Å². The molecule has 1 unspecified atom stereocenters. The van der Waals surface area contributed by atoms with Gasteiger partial charge in [0.25, 0.3) is 0 Å². The molecule has 0 aliphatic carbocycles. The first kappa shape index (κ1) is 16.1. The molecule has 2 rings (SSSR count). The second kappa shape index (κ2) is 7.14. The predicted molar refractivity (Wildman–Crippen MR) is 84.1 cm³/mol. The van der Waals surface area contributed by atoms with E-state index >= 15 is 0 Å². The average Bonchev–Trinajstić information content (AvgIpc) is 2.46. The van der Waals surface area contributed by atoms with Crippen molar-refractivity contribution in [1.82, 2.24) is 5.32 Å². The number of hydrogen-bond donors (Lipinski definition) is 1. The van der Waals surface area contributed by atoms with Gasteiger partial charge < -0.3 is 19.5 Å². The van der Waals surface area contributed by atoms with Crippen LogP contribution < -0.4 is 14.8 Å². The molecule has 1 aromatic carbocycles. The summed E-state index contributed by atoms with van der Waals surface area (Å²) in [6.45, 7) is 8.71. The first-order chi connectivity index (χ1) is 9.99. The van der Waals surface area contributed by atoms with Gasteiger partial charge in [-0.05, 0) is 39.7 Å². The molecule has 0 saturated carbocycles. The summed E-state index contributed by atoms with van der Waals surface area (Å²) in [6, 6.07) is 6.03. The third kappa shape index (κ3) is 4.90. The van der Waals surface area contributed by atoms with Crippen LogP contribution in [0.3, 0.4) is 0 Å². The Morgan fingerprint density at radius 2 is 2.14 bits per heavy atom. The summed E-state index contributed by atoms with van der Waals surface area (Å²) in [5.41, 5.74) is 1.18. The second-order valence-electron chi connectivity index (χ2n) is 6.51. The molecule has 1 aliphatic rings. The van der Waals surface area contributed by atoms with E-state index in [1.807, 2.05) is 12.1 Å². The van der Waals surface area contributed by atoms with Gasteiger partial charge in [0.1, 0.15) is 6.10 Å². The number of nitrogens with one attached hydrogen (secondary N) is 1. The van der Waals surface area contributed by atoms with Gasteiger partial charge in [-0.1, -0.05) is 12.1 Å². The zero-order chi connectivity index (χ0) is 15.3. The van der Waals surface area contributed by atoms with Crippen LogP contribution >= 0.6 is 0 Å². The van der Waals surface area contributed by atoms with Crippen LogP contribution in [-0.2, 0) is 11.3 Å². The summed E-state index contributed by atoms with van der Waals surface area (Å²) in [5.74, 6) is 1.63. The quantitative estimate of drug-likeness (QED) is 0.905. The molecule has 118 valence electrons. The van der Waals surface area contributed by atoms with Crippen molar-refractivity contribution in [2.24, 2.45) is 0 Å². The van der Waals surface area contributed by atoms with E-state index in [0.29, 0.717) is 6.61 Å². The Morgan fingerprint density at radius 1 is 1.33 bits per heavy atom. The van der Waals surface area contributed by atoms with E-state index in [0.717, 1.165) is 43.1 Å². The average molecular weight is 293 g/mol. The molecule has 4 heteroatoms. The molecule has 0 radical (unpaired) electrons. The maximum absolute atomic E-state index is 6.18. The molecule has 1 N–H and O–H groups in total. The van der Waals surface area contributed by atoms with Gasteiger partial charge in [-0.15, -0.1) is 0 Å². The topological polar surface area (TPSA) is 39.7 Å². The number of benzene rings is 1. The van der Waals surface area contributed by atoms with E-state index in [1.165, 1.54) is 0 Å². The zero-order valence-electron chi connectivity index (χ0n) is 13.6. The van der Waals surface area contributed by atoms with Crippen LogP contribution in [-0.4, -0.2) is 32.0 Å². The second-order valence-corrected chi connectivity index (χ2v) is 6.51. The molecule has 0 spiro atoms. The van der Waals surface area contributed by atoms with E-state index < -0.39 is 0 Å². The molecule has 1 saturated heterocycles. The van der Waals surface area contributed by atoms with Gasteiger partial charge in [-0.25, -0.2) is 0 Å². The fraction of sp³-hybridized carbons (Fsp3) is 0.647. The number of para-hydroxylation sites is 1. The highest BCUT2D eigenvalue weighted by Gasteiger charge is 2.20. The van der Waals surface area contributed by atoms with Gasteiger partial charge in [0, 0.05) is 24.3 Å². The maximum Gasteiger partial charge on any atom is 0.166 e. The minimum atomic E-state index is 0.0638. The van der Waals surface area contributed by atoms with Gasteiger partial charge in [-0.2, -0.15) is 0 Å². The molecule has 1 fully saturated rings. The van der Waals surface area contributed by atoms with Crippen molar-refractivity contribution in [2.75, 3.05) is 20.3 Å². The first-order valence-corrected chi connectivity index (χ1v) is 7.65. The van der Waals surface area contributed by atoms with Gasteiger partial charge >= 0.3 is 0 Å². The van der Waals surface area contributed by atoms with Gasteiger partial charge in [0.05, 0.1) is 13.7 Å². The molecule has 21 heavy (non-hydrogen) atoms. The van der Waals surface area contributed by atoms with Crippen molar-refractivity contribution >= 4 is 0 Å². The highest BCUT2D eigenvalue weighted by molar-refractivity contribution is 5.46. The number of rotatable bonds is 5. The minimum absolute atomic E-state index is 0.0638. The summed E-state index contributed by atoms with van der Waals surface area (Å²) in [5, 5.41) is 3.50. The van der Waals surface area contributed by atoms with Crippen molar-refractivity contribution in [3.05, 3.63) is 23.8 Å². The Balaban J connectivity index is 2.14. The third-order valence-electron chi connectivity index (χ3n) is 3.49. The summed E-state index contributed by atoms with van der Waals surface area (Å²) in [4.78, 5) is 0. The summed E-state index contributed by atoms with van der Waals surface area (Å²) in [7, 11) is 1.68. The molecule has 0 aromatic heterocycles. The van der Waals surface area contributed by atoms with Crippen LogP contribution in [0.4, 0.5) is 0 Å². The normalized spacial score (nSPS) is 19.3. The molecule has 1 aliphatic heterocycles. The highest BCUT2D eigenvalue weighted by atomic mass is 16.5. The van der Waals surface area contributed by atoms with Crippen molar-refractivity contribution < 1.29 is 14.2 Å². The molecular weight excluding hydrogens is 266 g/mol. The lowest BCUT2D eigenvalue weighted by atomic mass is 10.1. The predicted octanol–water partition coefficient (Wildman–Crippen LogP) is 3.14. The van der Waals surface area contributed by atoms with E-state index in [-0.39, 0.29) is 11.6 Å². The summed E-state index contributed by atoms with van der Waals surface area (Å²) < 4.78 is 17.2. The van der Waals surface area contributed by atoms with E-state index in [1.54, 1.807) is 7.11 Å². The van der Waals surface area contributed by atoms with Gasteiger partial charge in [0.2, 0.25) is 0 Å². The van der Waals surface area contributed by atoms with Crippen LogP contribution in [0.2, 0.25) is 0 Å². The van der Waals surface area contributed by atoms with E-state index in [9.17, 15) is 0 Å². The third-order valence-corrected chi connectivity index (χ3v) is 3.49. The van der Waals surface area contributed by atoms with Crippen LogP contribution in [0.15, 0.2) is 18.2 Å². The Hall–Kier alpha value is -1.26. The fourth-order valence-electron chi connectivity index (χ4n) is 2.33. The van der Waals surface area contributed by atoms with Crippen molar-refractivity contribution in [2.45, 2.75) is 51.8 Å². The molecule has 1 aromatic rings. The Bertz CT molecular complexity index is 448. The molecular formula is C17H27NO3. The fourth-order valence-corrected chi connectivity index (χ4v) is 2.33. The number of hydrogen-bond acceptors (Lipinski definition) is 4. The van der Waals surface area contributed by atoms with Crippen molar-refractivity contribution in [3.8, 4) is 11.5 Å². The molecule has 0 amide bonds. The minimum Gasteiger partial charge on any atom is -0.493 e. The number of methoxy groups -OCH3 is 1. The molecule has 0 bridgehead atoms. The SMILES string of the molecule is COc1cccc(CNC(C)(C)C)c1OC1CCCOC1. The van der Waals surface area contributed by atoms with Gasteiger partial charge in [0.15, 0.2) is 11.5 Å². The van der Waals surface area contributed by atoms with Crippen LogP contribution in [0.25, 0.3) is 0 Å². The summed E-state index contributed by atoms with van der Waals surface area (Å²) >= 11 is 0. The highest BCUT2D eigenvalue weighted by Crippen LogP contribution is 2.33. The molecule has 1 heterocycles. The zero-order valence-corrected chi connectivity index (χ0v) is 13.6. The Labute approximate surface area is 127 Å². The largest absolute Gasteiger partial charge is 0.493 e. The van der Waals surface area contributed by atoms with E-state index in [2.05, 4.69) is 32.2 Å². The number of ether oxygens (including phenoxy) is 3. The summed E-state index contributed by atoms with van der Waals surface area (Å²) in [6.07, 6.45) is 2.20. The maximum atomic E-state index is 6.18. The molecule has 4 nitrogen and oxygen atoms in total. The van der Waals surface area contributed by atoms with Crippen LogP contribution in [0.1, 0.15) is 39.2 Å². The lowest BCUT2D eigenvalue weighted by Gasteiger charge is -2.27. The Morgan fingerprint density at radius 3 is 2.76 bits per heavy atom.